The molecule has 0 spiro atoms. The van der Waals surface area contributed by atoms with Crippen LogP contribution in [0.25, 0.3) is 0 Å². The number of aromatic nitrogens is 3. The van der Waals surface area contributed by atoms with E-state index in [0.29, 0.717) is 5.88 Å². The minimum Gasteiger partial charge on any atom is -0.481 e. The largest absolute Gasteiger partial charge is 0.481 e. The first-order valence-electron chi connectivity index (χ1n) is 6.54. The van der Waals surface area contributed by atoms with Gasteiger partial charge in [-0.3, -0.25) is 18.7 Å². The van der Waals surface area contributed by atoms with Crippen molar-refractivity contribution < 1.29 is 9.53 Å². The Morgan fingerprint density at radius 1 is 1.36 bits per heavy atom. The highest BCUT2D eigenvalue weighted by Crippen LogP contribution is 2.12. The Balaban J connectivity index is 2.04. The molecule has 2 aromatic heterocycles. The predicted octanol–water partition coefficient (Wildman–Crippen LogP) is -0.733. The van der Waals surface area contributed by atoms with Crippen LogP contribution in [0, 0.1) is 0 Å². The van der Waals surface area contributed by atoms with Crippen molar-refractivity contribution in [3.8, 4) is 5.88 Å². The molecule has 8 nitrogen and oxygen atoms in total. The van der Waals surface area contributed by atoms with Crippen molar-refractivity contribution >= 4 is 5.91 Å². The number of ether oxygens (including phenoxy) is 1. The van der Waals surface area contributed by atoms with Crippen LogP contribution >= 0.6 is 0 Å². The number of hydrogen-bond acceptors (Lipinski definition) is 5. The van der Waals surface area contributed by atoms with Crippen LogP contribution in [-0.2, 0) is 24.9 Å². The van der Waals surface area contributed by atoms with E-state index in [4.69, 9.17) is 4.74 Å². The Kier molecular flexibility index (Phi) is 4.72. The van der Waals surface area contributed by atoms with Gasteiger partial charge >= 0.3 is 5.69 Å². The number of nitrogens with zero attached hydrogens (tertiary/aromatic N) is 3. The Morgan fingerprint density at radius 3 is 2.86 bits per heavy atom. The quantitative estimate of drug-likeness (QED) is 0.785. The number of rotatable bonds is 5. The molecule has 2 rings (SSSR count). The average Bonchev–Trinajstić information content (AvgIpc) is 2.53. The van der Waals surface area contributed by atoms with Crippen molar-refractivity contribution in [2.24, 2.45) is 7.05 Å². The maximum absolute atomic E-state index is 11.9. The van der Waals surface area contributed by atoms with Gasteiger partial charge in [0.2, 0.25) is 11.8 Å². The van der Waals surface area contributed by atoms with Gasteiger partial charge in [-0.25, -0.2) is 9.78 Å². The minimum absolute atomic E-state index is 0.171. The number of pyridine rings is 1. The first-order valence-corrected chi connectivity index (χ1v) is 6.54. The topological polar surface area (TPSA) is 95.2 Å². The summed E-state index contributed by atoms with van der Waals surface area (Å²) in [6.45, 7) is 0.0614. The fraction of sp³-hybridized carbons (Fsp3) is 0.286. The summed E-state index contributed by atoms with van der Waals surface area (Å²) in [4.78, 5) is 39.0. The Morgan fingerprint density at radius 2 is 2.14 bits per heavy atom. The maximum Gasteiger partial charge on any atom is 0.331 e. The molecule has 2 heterocycles. The normalized spacial score (nSPS) is 10.3. The van der Waals surface area contributed by atoms with E-state index in [1.165, 1.54) is 26.4 Å². The second-order valence-electron chi connectivity index (χ2n) is 4.57. The molecular formula is C14H16N4O4. The molecule has 22 heavy (non-hydrogen) atoms. The molecule has 0 atom stereocenters. The fourth-order valence-electron chi connectivity index (χ4n) is 1.88. The summed E-state index contributed by atoms with van der Waals surface area (Å²) in [5, 5.41) is 2.68. The van der Waals surface area contributed by atoms with Crippen molar-refractivity contribution in [1.29, 1.82) is 0 Å². The van der Waals surface area contributed by atoms with Gasteiger partial charge in [0.1, 0.15) is 6.54 Å². The zero-order valence-corrected chi connectivity index (χ0v) is 12.3. The highest BCUT2D eigenvalue weighted by Gasteiger charge is 2.08. The summed E-state index contributed by atoms with van der Waals surface area (Å²) in [6.07, 6.45) is 2.89. The molecule has 2 aromatic rings. The lowest BCUT2D eigenvalue weighted by Gasteiger charge is -2.10. The second kappa shape index (κ2) is 6.70. The summed E-state index contributed by atoms with van der Waals surface area (Å²) in [6, 6.07) is 4.75. The van der Waals surface area contributed by atoms with Crippen molar-refractivity contribution in [2.45, 2.75) is 13.1 Å². The Bertz CT molecular complexity index is 794. The van der Waals surface area contributed by atoms with Crippen molar-refractivity contribution in [3.05, 3.63) is 57.0 Å². The van der Waals surface area contributed by atoms with Crippen LogP contribution in [0.5, 0.6) is 5.88 Å². The molecule has 0 radical (unpaired) electrons. The molecule has 8 heteroatoms. The summed E-state index contributed by atoms with van der Waals surface area (Å²) < 4.78 is 7.19. The molecular weight excluding hydrogens is 288 g/mol. The van der Waals surface area contributed by atoms with Crippen LogP contribution in [0.1, 0.15) is 5.56 Å². The van der Waals surface area contributed by atoms with E-state index in [1.54, 1.807) is 18.3 Å². The first kappa shape index (κ1) is 15.5. The molecule has 0 saturated heterocycles. The molecule has 0 aliphatic heterocycles. The lowest BCUT2D eigenvalue weighted by Crippen LogP contribution is -2.40. The molecule has 0 aromatic carbocycles. The van der Waals surface area contributed by atoms with Crippen LogP contribution in [0.3, 0.4) is 0 Å². The number of hydrogen-bond donors (Lipinski definition) is 1. The van der Waals surface area contributed by atoms with E-state index < -0.39 is 11.2 Å². The molecule has 0 saturated carbocycles. The van der Waals surface area contributed by atoms with Gasteiger partial charge in [0.15, 0.2) is 0 Å². The SMILES string of the molecule is COc1ncccc1CNC(=O)Cn1ccc(=O)n(C)c1=O. The van der Waals surface area contributed by atoms with Crippen LogP contribution in [-0.4, -0.2) is 27.1 Å². The molecule has 0 aliphatic rings. The average molecular weight is 304 g/mol. The smallest absolute Gasteiger partial charge is 0.331 e. The van der Waals surface area contributed by atoms with Gasteiger partial charge in [0.25, 0.3) is 5.56 Å². The third kappa shape index (κ3) is 3.40. The third-order valence-electron chi connectivity index (χ3n) is 3.09. The lowest BCUT2D eigenvalue weighted by molar-refractivity contribution is -0.121. The lowest BCUT2D eigenvalue weighted by atomic mass is 10.2. The summed E-state index contributed by atoms with van der Waals surface area (Å²) in [7, 11) is 2.86. The molecule has 0 unspecified atom stereocenters. The van der Waals surface area contributed by atoms with Gasteiger partial charge in [-0.2, -0.15) is 0 Å². The molecule has 1 amide bonds. The minimum atomic E-state index is -0.540. The summed E-state index contributed by atoms with van der Waals surface area (Å²) >= 11 is 0. The van der Waals surface area contributed by atoms with Gasteiger partial charge < -0.3 is 10.1 Å². The first-order chi connectivity index (χ1) is 10.5. The van der Waals surface area contributed by atoms with E-state index in [1.807, 2.05) is 0 Å². The van der Waals surface area contributed by atoms with E-state index in [2.05, 4.69) is 10.3 Å². The van der Waals surface area contributed by atoms with Crippen LogP contribution in [0.15, 0.2) is 40.2 Å². The van der Waals surface area contributed by atoms with Crippen molar-refractivity contribution in [2.75, 3.05) is 7.11 Å². The molecule has 1 N–H and O–H groups in total. The fourth-order valence-corrected chi connectivity index (χ4v) is 1.88. The monoisotopic (exact) mass is 304 g/mol. The molecule has 0 bridgehead atoms. The summed E-state index contributed by atoms with van der Waals surface area (Å²) in [5.74, 6) is 0.0775. The number of nitrogens with one attached hydrogen (secondary N) is 1. The standard InChI is InChI=1S/C14H16N4O4/c1-17-12(20)5-7-18(14(17)21)9-11(19)16-8-10-4-3-6-15-13(10)22-2/h3-7H,8-9H2,1-2H3,(H,16,19). The Hall–Kier alpha value is -2.90. The zero-order valence-electron chi connectivity index (χ0n) is 12.3. The second-order valence-corrected chi connectivity index (χ2v) is 4.57. The molecule has 0 fully saturated rings. The van der Waals surface area contributed by atoms with Gasteiger partial charge in [-0.15, -0.1) is 0 Å². The van der Waals surface area contributed by atoms with Crippen LogP contribution in [0.2, 0.25) is 0 Å². The molecule has 0 aliphatic carbocycles. The zero-order chi connectivity index (χ0) is 16.1. The van der Waals surface area contributed by atoms with Crippen molar-refractivity contribution in [3.63, 3.8) is 0 Å². The van der Waals surface area contributed by atoms with Gasteiger partial charge in [0, 0.05) is 37.6 Å². The number of methoxy groups -OCH3 is 1. The van der Waals surface area contributed by atoms with Gasteiger partial charge in [-0.05, 0) is 6.07 Å². The van der Waals surface area contributed by atoms with Crippen LogP contribution in [0.4, 0.5) is 0 Å². The number of carbonyl (C=O) groups excluding carboxylic acids is 1. The predicted molar refractivity (Wildman–Crippen MR) is 78.6 cm³/mol. The van der Waals surface area contributed by atoms with Crippen molar-refractivity contribution in [1.82, 2.24) is 19.4 Å². The third-order valence-corrected chi connectivity index (χ3v) is 3.09. The van der Waals surface area contributed by atoms with Crippen LogP contribution < -0.4 is 21.3 Å². The van der Waals surface area contributed by atoms with Gasteiger partial charge in [0.05, 0.1) is 7.11 Å². The highest BCUT2D eigenvalue weighted by atomic mass is 16.5. The number of amides is 1. The Labute approximate surface area is 126 Å². The summed E-state index contributed by atoms with van der Waals surface area (Å²) in [5.41, 5.74) is -0.227. The maximum atomic E-state index is 11.9. The van der Waals surface area contributed by atoms with E-state index >= 15 is 0 Å². The molecule has 116 valence electrons. The van der Waals surface area contributed by atoms with Gasteiger partial charge in [-0.1, -0.05) is 6.07 Å². The number of carbonyl (C=O) groups is 1. The highest BCUT2D eigenvalue weighted by molar-refractivity contribution is 5.75. The van der Waals surface area contributed by atoms with E-state index in [-0.39, 0.29) is 19.0 Å². The van der Waals surface area contributed by atoms with E-state index in [9.17, 15) is 14.4 Å². The van der Waals surface area contributed by atoms with E-state index in [0.717, 1.165) is 14.7 Å².